The molecule has 0 aliphatic heterocycles. The third-order valence-corrected chi connectivity index (χ3v) is 4.65. The first-order chi connectivity index (χ1) is 14.0. The van der Waals surface area contributed by atoms with Gasteiger partial charge in [0.1, 0.15) is 0 Å². The van der Waals surface area contributed by atoms with Crippen LogP contribution in [0.1, 0.15) is 32.6 Å². The Morgan fingerprint density at radius 2 is 1.66 bits per heavy atom. The van der Waals surface area contributed by atoms with E-state index in [4.69, 9.17) is 9.47 Å². The van der Waals surface area contributed by atoms with Crippen LogP contribution in [0.25, 0.3) is 11.6 Å². The predicted octanol–water partition coefficient (Wildman–Crippen LogP) is 5.60. The van der Waals surface area contributed by atoms with Gasteiger partial charge in [-0.05, 0) is 66.4 Å². The normalized spacial score (nSPS) is 10.9. The minimum Gasteiger partial charge on any atom is -0.493 e. The lowest BCUT2D eigenvalue weighted by Crippen LogP contribution is -2.09. The molecule has 3 aromatic rings. The lowest BCUT2D eigenvalue weighted by molar-refractivity contribution is 0.0729. The molecule has 0 aromatic heterocycles. The molecule has 0 saturated heterocycles. The van der Waals surface area contributed by atoms with Gasteiger partial charge in [0, 0.05) is 0 Å². The molecule has 0 heterocycles. The molecule has 144 valence electrons. The van der Waals surface area contributed by atoms with Gasteiger partial charge in [-0.2, -0.15) is 5.26 Å². The molecule has 3 aromatic carbocycles. The summed E-state index contributed by atoms with van der Waals surface area (Å²) >= 11 is 0. The van der Waals surface area contributed by atoms with Crippen molar-refractivity contribution in [2.45, 2.75) is 13.8 Å². The quantitative estimate of drug-likeness (QED) is 0.249. The summed E-state index contributed by atoms with van der Waals surface area (Å²) in [6, 6.07) is 22.3. The van der Waals surface area contributed by atoms with E-state index in [-0.39, 0.29) is 0 Å². The largest absolute Gasteiger partial charge is 0.493 e. The standard InChI is InChI=1S/C25H21NO3/c1-17-9-11-21(13-18(17)2)25(27)29-23-12-10-19(15-24(23)28-3)14-22(16-26)20-7-5-4-6-8-20/h4-15H,1-3H3/b22-14-. The van der Waals surface area contributed by atoms with Crippen LogP contribution in [-0.2, 0) is 0 Å². The zero-order valence-corrected chi connectivity index (χ0v) is 16.6. The van der Waals surface area contributed by atoms with Crippen molar-refractivity contribution in [2.75, 3.05) is 7.11 Å². The number of hydrogen-bond acceptors (Lipinski definition) is 4. The van der Waals surface area contributed by atoms with Crippen LogP contribution >= 0.6 is 0 Å². The summed E-state index contributed by atoms with van der Waals surface area (Å²) in [6.45, 7) is 3.94. The highest BCUT2D eigenvalue weighted by Gasteiger charge is 2.14. The SMILES string of the molecule is COc1cc(/C=C(/C#N)c2ccccc2)ccc1OC(=O)c1ccc(C)c(C)c1. The Labute approximate surface area is 170 Å². The van der Waals surface area contributed by atoms with Gasteiger partial charge in [-0.15, -0.1) is 0 Å². The second-order valence-corrected chi connectivity index (χ2v) is 6.63. The van der Waals surface area contributed by atoms with Crippen LogP contribution in [0.15, 0.2) is 66.7 Å². The first kappa shape index (κ1) is 19.9. The second kappa shape index (κ2) is 8.90. The third-order valence-electron chi connectivity index (χ3n) is 4.65. The number of nitriles is 1. The van der Waals surface area contributed by atoms with Crippen LogP contribution in [0.2, 0.25) is 0 Å². The number of aryl methyl sites for hydroxylation is 2. The average Bonchev–Trinajstić information content (AvgIpc) is 2.75. The number of esters is 1. The van der Waals surface area contributed by atoms with Crippen LogP contribution in [-0.4, -0.2) is 13.1 Å². The topological polar surface area (TPSA) is 59.3 Å². The van der Waals surface area contributed by atoms with Crippen LogP contribution in [0.4, 0.5) is 0 Å². The van der Waals surface area contributed by atoms with E-state index >= 15 is 0 Å². The number of carbonyl (C=O) groups excluding carboxylic acids is 1. The van der Waals surface area contributed by atoms with Gasteiger partial charge < -0.3 is 9.47 Å². The summed E-state index contributed by atoms with van der Waals surface area (Å²) in [6.07, 6.45) is 1.77. The van der Waals surface area contributed by atoms with Crippen molar-refractivity contribution in [3.05, 3.63) is 94.5 Å². The summed E-state index contributed by atoms with van der Waals surface area (Å²) < 4.78 is 10.9. The molecular weight excluding hydrogens is 362 g/mol. The maximum atomic E-state index is 12.5. The van der Waals surface area contributed by atoms with Gasteiger partial charge in [-0.3, -0.25) is 0 Å². The maximum absolute atomic E-state index is 12.5. The van der Waals surface area contributed by atoms with E-state index < -0.39 is 5.97 Å². The van der Waals surface area contributed by atoms with Crippen molar-refractivity contribution >= 4 is 17.6 Å². The van der Waals surface area contributed by atoms with E-state index in [1.807, 2.05) is 50.2 Å². The third kappa shape index (κ3) is 4.72. The fraction of sp³-hybridized carbons (Fsp3) is 0.120. The van der Waals surface area contributed by atoms with E-state index in [1.165, 1.54) is 7.11 Å². The minimum absolute atomic E-state index is 0.325. The number of rotatable bonds is 5. The molecule has 3 rings (SSSR count). The van der Waals surface area contributed by atoms with E-state index in [2.05, 4.69) is 6.07 Å². The first-order valence-electron chi connectivity index (χ1n) is 9.16. The smallest absolute Gasteiger partial charge is 0.343 e. The molecule has 0 spiro atoms. The minimum atomic E-state index is -0.448. The molecule has 0 aliphatic rings. The predicted molar refractivity (Wildman–Crippen MR) is 114 cm³/mol. The Bertz CT molecular complexity index is 1110. The van der Waals surface area contributed by atoms with Crippen molar-refractivity contribution in [2.24, 2.45) is 0 Å². The van der Waals surface area contributed by atoms with Crippen LogP contribution < -0.4 is 9.47 Å². The summed E-state index contributed by atoms with van der Waals surface area (Å²) in [5.74, 6) is 0.295. The molecular formula is C25H21NO3. The van der Waals surface area contributed by atoms with E-state index in [1.54, 1.807) is 36.4 Å². The molecule has 0 fully saturated rings. The summed E-state index contributed by atoms with van der Waals surface area (Å²) in [7, 11) is 1.51. The van der Waals surface area contributed by atoms with E-state index in [0.717, 1.165) is 22.3 Å². The molecule has 29 heavy (non-hydrogen) atoms. The van der Waals surface area contributed by atoms with Crippen molar-refractivity contribution < 1.29 is 14.3 Å². The molecule has 4 nitrogen and oxygen atoms in total. The molecule has 0 saturated carbocycles. The Kier molecular flexibility index (Phi) is 6.11. The van der Waals surface area contributed by atoms with Gasteiger partial charge in [0.15, 0.2) is 11.5 Å². The molecule has 0 radical (unpaired) electrons. The summed E-state index contributed by atoms with van der Waals surface area (Å²) in [4.78, 5) is 12.5. The fourth-order valence-electron chi connectivity index (χ4n) is 2.85. The lowest BCUT2D eigenvalue weighted by atomic mass is 10.0. The van der Waals surface area contributed by atoms with Crippen LogP contribution in [0, 0.1) is 25.2 Å². The molecule has 4 heteroatoms. The number of benzene rings is 3. The average molecular weight is 383 g/mol. The Balaban J connectivity index is 1.87. The van der Waals surface area contributed by atoms with Gasteiger partial charge in [-0.1, -0.05) is 42.5 Å². The number of allylic oxidation sites excluding steroid dienone is 1. The maximum Gasteiger partial charge on any atom is 0.343 e. The highest BCUT2D eigenvalue weighted by molar-refractivity contribution is 5.92. The van der Waals surface area contributed by atoms with Crippen molar-refractivity contribution in [1.29, 1.82) is 5.26 Å². The Hall–Kier alpha value is -3.84. The summed E-state index contributed by atoms with van der Waals surface area (Å²) in [5, 5.41) is 9.49. The number of hydrogen-bond donors (Lipinski definition) is 0. The molecule has 0 N–H and O–H groups in total. The highest BCUT2D eigenvalue weighted by Crippen LogP contribution is 2.30. The monoisotopic (exact) mass is 383 g/mol. The fourth-order valence-corrected chi connectivity index (χ4v) is 2.85. The van der Waals surface area contributed by atoms with E-state index in [9.17, 15) is 10.1 Å². The molecule has 0 aliphatic carbocycles. The number of methoxy groups -OCH3 is 1. The Morgan fingerprint density at radius 3 is 2.31 bits per heavy atom. The number of nitrogens with zero attached hydrogens (tertiary/aromatic N) is 1. The van der Waals surface area contributed by atoms with E-state index in [0.29, 0.717) is 22.6 Å². The molecule has 0 atom stereocenters. The number of ether oxygens (including phenoxy) is 2. The zero-order valence-electron chi connectivity index (χ0n) is 16.6. The molecule has 0 bridgehead atoms. The first-order valence-corrected chi connectivity index (χ1v) is 9.16. The second-order valence-electron chi connectivity index (χ2n) is 6.63. The highest BCUT2D eigenvalue weighted by atomic mass is 16.6. The van der Waals surface area contributed by atoms with Gasteiger partial charge in [0.25, 0.3) is 0 Å². The van der Waals surface area contributed by atoms with Crippen molar-refractivity contribution in [3.8, 4) is 17.6 Å². The number of carbonyl (C=O) groups is 1. The van der Waals surface area contributed by atoms with Crippen molar-refractivity contribution in [1.82, 2.24) is 0 Å². The van der Waals surface area contributed by atoms with Gasteiger partial charge in [0.2, 0.25) is 0 Å². The van der Waals surface area contributed by atoms with Gasteiger partial charge in [-0.25, -0.2) is 4.79 Å². The molecule has 0 amide bonds. The van der Waals surface area contributed by atoms with Gasteiger partial charge in [0.05, 0.1) is 24.3 Å². The van der Waals surface area contributed by atoms with Gasteiger partial charge >= 0.3 is 5.97 Å². The van der Waals surface area contributed by atoms with Crippen LogP contribution in [0.5, 0.6) is 11.5 Å². The zero-order chi connectivity index (χ0) is 20.8. The molecule has 0 unspecified atom stereocenters. The van der Waals surface area contributed by atoms with Crippen LogP contribution in [0.3, 0.4) is 0 Å². The van der Waals surface area contributed by atoms with Crippen molar-refractivity contribution in [3.63, 3.8) is 0 Å². The Morgan fingerprint density at radius 1 is 0.897 bits per heavy atom. The lowest BCUT2D eigenvalue weighted by Gasteiger charge is -2.11. The summed E-state index contributed by atoms with van der Waals surface area (Å²) in [5.41, 5.74) is 4.76.